The fraction of sp³-hybridized carbons (Fsp3) is 0.692. The zero-order chi connectivity index (χ0) is 13.1. The maximum absolute atomic E-state index is 5.95. The van der Waals surface area contributed by atoms with E-state index in [1.807, 2.05) is 6.92 Å². The van der Waals surface area contributed by atoms with Crippen LogP contribution < -0.4 is 11.1 Å². The molecule has 2 atom stereocenters. The van der Waals surface area contributed by atoms with Crippen molar-refractivity contribution in [2.45, 2.75) is 39.5 Å². The molecule has 0 spiro atoms. The second-order valence-electron chi connectivity index (χ2n) is 5.36. The number of rotatable bonds is 3. The van der Waals surface area contributed by atoms with Gasteiger partial charge in [-0.15, -0.1) is 0 Å². The number of nitrogens with two attached hydrogens (primary N) is 1. The van der Waals surface area contributed by atoms with Gasteiger partial charge in [0.15, 0.2) is 5.82 Å². The minimum atomic E-state index is 0.251. The molecule has 0 radical (unpaired) electrons. The smallest absolute Gasteiger partial charge is 0.224 e. The average Bonchev–Trinajstić information content (AvgIpc) is 2.32. The van der Waals surface area contributed by atoms with Crippen LogP contribution in [-0.2, 0) is 0 Å². The van der Waals surface area contributed by atoms with E-state index in [1.165, 1.54) is 25.7 Å². The summed E-state index contributed by atoms with van der Waals surface area (Å²) in [5.41, 5.74) is 7.28. The van der Waals surface area contributed by atoms with E-state index in [9.17, 15) is 0 Å². The summed E-state index contributed by atoms with van der Waals surface area (Å²) in [4.78, 5) is 8.19. The Bertz CT molecular complexity index is 422. The summed E-state index contributed by atoms with van der Waals surface area (Å²) in [6.45, 7) is 5.09. The van der Waals surface area contributed by atoms with Gasteiger partial charge in [-0.3, -0.25) is 0 Å². The van der Waals surface area contributed by atoms with Gasteiger partial charge < -0.3 is 11.1 Å². The molecule has 1 heterocycles. The summed E-state index contributed by atoms with van der Waals surface area (Å²) < 4.78 is 0. The lowest BCUT2D eigenvalue weighted by Crippen LogP contribution is -2.22. The number of nitrogens with zero attached hydrogens (tertiary/aromatic N) is 2. The van der Waals surface area contributed by atoms with Gasteiger partial charge in [0.05, 0.1) is 11.4 Å². The van der Waals surface area contributed by atoms with E-state index in [0.717, 1.165) is 18.2 Å². The molecule has 1 aliphatic carbocycles. The van der Waals surface area contributed by atoms with E-state index in [2.05, 4.69) is 22.2 Å². The summed E-state index contributed by atoms with van der Waals surface area (Å²) in [6, 6.07) is 0. The highest BCUT2D eigenvalue weighted by Crippen LogP contribution is 2.29. The first-order valence-corrected chi connectivity index (χ1v) is 6.97. The summed E-state index contributed by atoms with van der Waals surface area (Å²) in [7, 11) is 0. The van der Waals surface area contributed by atoms with E-state index in [-0.39, 0.29) is 5.28 Å². The molecule has 1 aromatic heterocycles. The molecule has 2 rings (SSSR count). The van der Waals surface area contributed by atoms with Crippen molar-refractivity contribution >= 4 is 23.1 Å². The third-order valence-electron chi connectivity index (χ3n) is 3.71. The first-order valence-electron chi connectivity index (χ1n) is 6.59. The lowest BCUT2D eigenvalue weighted by Gasteiger charge is -2.27. The van der Waals surface area contributed by atoms with Crippen molar-refractivity contribution in [2.24, 2.45) is 11.8 Å². The van der Waals surface area contributed by atoms with Gasteiger partial charge >= 0.3 is 0 Å². The number of aryl methyl sites for hydroxylation is 1. The summed E-state index contributed by atoms with van der Waals surface area (Å²) in [5.74, 6) is 2.21. The predicted octanol–water partition coefficient (Wildman–Crippen LogP) is 3.26. The molecule has 3 N–H and O–H groups in total. The van der Waals surface area contributed by atoms with Crippen LogP contribution >= 0.6 is 11.6 Å². The van der Waals surface area contributed by atoms with Gasteiger partial charge in [-0.2, -0.15) is 4.98 Å². The van der Waals surface area contributed by atoms with Gasteiger partial charge in [0.25, 0.3) is 0 Å². The second kappa shape index (κ2) is 5.74. The highest BCUT2D eigenvalue weighted by Gasteiger charge is 2.19. The molecule has 1 saturated carbocycles. The van der Waals surface area contributed by atoms with Gasteiger partial charge in [0.1, 0.15) is 0 Å². The number of hydrogen-bond donors (Lipinski definition) is 2. The molecular weight excluding hydrogens is 248 g/mol. The Morgan fingerprint density at radius 2 is 2.17 bits per heavy atom. The van der Waals surface area contributed by atoms with Crippen molar-refractivity contribution in [3.63, 3.8) is 0 Å². The molecule has 0 aliphatic heterocycles. The van der Waals surface area contributed by atoms with Crippen LogP contribution in [0, 0.1) is 18.8 Å². The van der Waals surface area contributed by atoms with Crippen molar-refractivity contribution in [3.05, 3.63) is 11.0 Å². The largest absolute Gasteiger partial charge is 0.394 e. The lowest BCUT2D eigenvalue weighted by atomic mass is 9.82. The SMILES string of the molecule is Cc1nc(Cl)nc(NCC2CCCC(C)C2)c1N. The van der Waals surface area contributed by atoms with Crippen LogP contribution in [0.25, 0.3) is 0 Å². The minimum Gasteiger partial charge on any atom is -0.394 e. The molecular formula is C13H21ClN4. The fourth-order valence-electron chi connectivity index (χ4n) is 2.67. The first-order chi connectivity index (χ1) is 8.56. The van der Waals surface area contributed by atoms with E-state index in [1.54, 1.807) is 0 Å². The zero-order valence-electron chi connectivity index (χ0n) is 11.0. The minimum absolute atomic E-state index is 0.251. The summed E-state index contributed by atoms with van der Waals surface area (Å²) >= 11 is 5.85. The third-order valence-corrected chi connectivity index (χ3v) is 3.88. The topological polar surface area (TPSA) is 63.8 Å². The van der Waals surface area contributed by atoms with Gasteiger partial charge in [-0.1, -0.05) is 19.8 Å². The lowest BCUT2D eigenvalue weighted by molar-refractivity contribution is 0.293. The van der Waals surface area contributed by atoms with Crippen molar-refractivity contribution in [3.8, 4) is 0 Å². The first kappa shape index (κ1) is 13.4. The molecule has 0 bridgehead atoms. The number of halogens is 1. The highest BCUT2D eigenvalue weighted by molar-refractivity contribution is 6.28. The highest BCUT2D eigenvalue weighted by atomic mass is 35.5. The Labute approximate surface area is 113 Å². The van der Waals surface area contributed by atoms with Crippen LogP contribution in [-0.4, -0.2) is 16.5 Å². The molecule has 0 amide bonds. The molecule has 1 fully saturated rings. The van der Waals surface area contributed by atoms with E-state index < -0.39 is 0 Å². The monoisotopic (exact) mass is 268 g/mol. The normalized spacial score (nSPS) is 23.9. The zero-order valence-corrected chi connectivity index (χ0v) is 11.8. The quantitative estimate of drug-likeness (QED) is 0.826. The summed E-state index contributed by atoms with van der Waals surface area (Å²) in [6.07, 6.45) is 5.25. The number of nitrogen functional groups attached to an aromatic ring is 1. The average molecular weight is 269 g/mol. The van der Waals surface area contributed by atoms with Gasteiger partial charge in [-0.05, 0) is 43.2 Å². The Kier molecular flexibility index (Phi) is 4.27. The molecule has 2 unspecified atom stereocenters. The molecule has 100 valence electrons. The van der Waals surface area contributed by atoms with Crippen LogP contribution in [0.4, 0.5) is 11.5 Å². The van der Waals surface area contributed by atoms with Crippen LogP contribution in [0.3, 0.4) is 0 Å². The van der Waals surface area contributed by atoms with Crippen molar-refractivity contribution in [2.75, 3.05) is 17.6 Å². The number of nitrogens with one attached hydrogen (secondary N) is 1. The van der Waals surface area contributed by atoms with Crippen molar-refractivity contribution in [1.29, 1.82) is 0 Å². The molecule has 1 aromatic rings. The Hall–Kier alpha value is -1.03. The van der Waals surface area contributed by atoms with Crippen LogP contribution in [0.15, 0.2) is 0 Å². The Balaban J connectivity index is 1.97. The van der Waals surface area contributed by atoms with Gasteiger partial charge in [-0.25, -0.2) is 4.98 Å². The molecule has 5 heteroatoms. The standard InChI is InChI=1S/C13H21ClN4/c1-8-4-3-5-10(6-8)7-16-12-11(15)9(2)17-13(14)18-12/h8,10H,3-7,15H2,1-2H3,(H,16,17,18). The second-order valence-corrected chi connectivity index (χ2v) is 5.70. The fourth-order valence-corrected chi connectivity index (χ4v) is 2.88. The maximum Gasteiger partial charge on any atom is 0.224 e. The number of anilines is 2. The maximum atomic E-state index is 5.95. The molecule has 18 heavy (non-hydrogen) atoms. The van der Waals surface area contributed by atoms with Crippen molar-refractivity contribution in [1.82, 2.24) is 9.97 Å². The van der Waals surface area contributed by atoms with Gasteiger partial charge in [0.2, 0.25) is 5.28 Å². The van der Waals surface area contributed by atoms with Crippen LogP contribution in [0.2, 0.25) is 5.28 Å². The molecule has 0 aromatic carbocycles. The van der Waals surface area contributed by atoms with E-state index in [4.69, 9.17) is 17.3 Å². The summed E-state index contributed by atoms with van der Waals surface area (Å²) in [5, 5.41) is 3.58. The molecule has 4 nitrogen and oxygen atoms in total. The third kappa shape index (κ3) is 3.25. The molecule has 0 saturated heterocycles. The van der Waals surface area contributed by atoms with Gasteiger partial charge in [0, 0.05) is 6.54 Å². The van der Waals surface area contributed by atoms with Crippen LogP contribution in [0.5, 0.6) is 0 Å². The Morgan fingerprint density at radius 3 is 2.89 bits per heavy atom. The van der Waals surface area contributed by atoms with Crippen molar-refractivity contribution < 1.29 is 0 Å². The number of hydrogen-bond acceptors (Lipinski definition) is 4. The molecule has 1 aliphatic rings. The van der Waals surface area contributed by atoms with Crippen LogP contribution in [0.1, 0.15) is 38.3 Å². The van der Waals surface area contributed by atoms with E-state index >= 15 is 0 Å². The Morgan fingerprint density at radius 1 is 1.39 bits per heavy atom. The number of aromatic nitrogens is 2. The predicted molar refractivity (Wildman–Crippen MR) is 75.8 cm³/mol. The van der Waals surface area contributed by atoms with E-state index in [0.29, 0.717) is 17.4 Å².